The first kappa shape index (κ1) is 16.8. The van der Waals surface area contributed by atoms with E-state index in [0.29, 0.717) is 24.1 Å². The number of H-pyrrole nitrogens is 1. The van der Waals surface area contributed by atoms with Crippen LogP contribution in [0.1, 0.15) is 29.3 Å². The maximum atomic E-state index is 12.1. The number of carboxylic acids is 1. The highest BCUT2D eigenvalue weighted by molar-refractivity contribution is 5.88. The van der Waals surface area contributed by atoms with E-state index in [2.05, 4.69) is 22.0 Å². The molecule has 2 fully saturated rings. The van der Waals surface area contributed by atoms with Crippen LogP contribution in [-0.4, -0.2) is 35.2 Å². The number of pyridine rings is 1. The standard InChI is InChI=1S/C20H23N3O3/c1-2-11-7-15(20(25)26)19(24)22-18(11)12-3-5-14(6-4-12)23-9-13-8-17(21)16(13)10-23/h3-7,13,16-17H,2,8-10,21H2,1H3,(H,22,24)(H,25,26). The van der Waals surface area contributed by atoms with Crippen LogP contribution in [0.25, 0.3) is 11.3 Å². The van der Waals surface area contributed by atoms with Crippen molar-refractivity contribution in [2.45, 2.75) is 25.8 Å². The lowest BCUT2D eigenvalue weighted by Crippen LogP contribution is -2.46. The summed E-state index contributed by atoms with van der Waals surface area (Å²) in [4.78, 5) is 28.4. The fourth-order valence-electron chi connectivity index (χ4n) is 4.28. The summed E-state index contributed by atoms with van der Waals surface area (Å²) in [6, 6.07) is 9.92. The van der Waals surface area contributed by atoms with Gasteiger partial charge in [-0.1, -0.05) is 19.1 Å². The second-order valence-electron chi connectivity index (χ2n) is 7.35. The average molecular weight is 353 g/mol. The van der Waals surface area contributed by atoms with E-state index in [-0.39, 0.29) is 5.56 Å². The number of benzene rings is 1. The highest BCUT2D eigenvalue weighted by atomic mass is 16.4. The molecule has 26 heavy (non-hydrogen) atoms. The first-order valence-electron chi connectivity index (χ1n) is 9.08. The molecular weight excluding hydrogens is 330 g/mol. The molecule has 1 aliphatic heterocycles. The molecule has 3 atom stereocenters. The zero-order valence-corrected chi connectivity index (χ0v) is 14.7. The molecule has 2 aromatic rings. The predicted molar refractivity (Wildman–Crippen MR) is 101 cm³/mol. The van der Waals surface area contributed by atoms with Gasteiger partial charge in [0.05, 0.1) is 5.69 Å². The van der Waals surface area contributed by atoms with Gasteiger partial charge < -0.3 is 20.7 Å². The van der Waals surface area contributed by atoms with E-state index in [1.807, 2.05) is 19.1 Å². The van der Waals surface area contributed by atoms with E-state index in [1.54, 1.807) is 0 Å². The smallest absolute Gasteiger partial charge is 0.341 e. The van der Waals surface area contributed by atoms with Crippen LogP contribution in [0, 0.1) is 11.8 Å². The molecule has 1 saturated carbocycles. The van der Waals surface area contributed by atoms with Crippen molar-refractivity contribution >= 4 is 11.7 Å². The van der Waals surface area contributed by atoms with Crippen LogP contribution in [0.15, 0.2) is 35.1 Å². The molecule has 0 spiro atoms. The number of nitrogens with zero attached hydrogens (tertiary/aromatic N) is 1. The Bertz CT molecular complexity index is 904. The number of nitrogens with two attached hydrogens (primary N) is 1. The number of fused-ring (bicyclic) bond motifs is 1. The van der Waals surface area contributed by atoms with E-state index in [1.165, 1.54) is 6.07 Å². The number of aromatic amines is 1. The zero-order valence-electron chi connectivity index (χ0n) is 14.7. The lowest BCUT2D eigenvalue weighted by molar-refractivity contribution is 0.0695. The molecule has 136 valence electrons. The summed E-state index contributed by atoms with van der Waals surface area (Å²) in [7, 11) is 0. The van der Waals surface area contributed by atoms with Crippen molar-refractivity contribution in [2.75, 3.05) is 18.0 Å². The summed E-state index contributed by atoms with van der Waals surface area (Å²) in [6.07, 6.45) is 1.76. The second-order valence-corrected chi connectivity index (χ2v) is 7.35. The van der Waals surface area contributed by atoms with Crippen LogP contribution in [0.4, 0.5) is 5.69 Å². The van der Waals surface area contributed by atoms with Gasteiger partial charge in [0, 0.05) is 24.8 Å². The van der Waals surface area contributed by atoms with Crippen molar-refractivity contribution in [2.24, 2.45) is 17.6 Å². The minimum Gasteiger partial charge on any atom is -0.477 e. The summed E-state index contributed by atoms with van der Waals surface area (Å²) in [5.74, 6) is 0.127. The third-order valence-corrected chi connectivity index (χ3v) is 5.87. The lowest BCUT2D eigenvalue weighted by Gasteiger charge is -2.36. The van der Waals surface area contributed by atoms with Crippen LogP contribution in [0.2, 0.25) is 0 Å². The zero-order chi connectivity index (χ0) is 18.4. The van der Waals surface area contributed by atoms with Crippen molar-refractivity contribution in [1.29, 1.82) is 0 Å². The number of aromatic nitrogens is 1. The normalized spacial score (nSPS) is 24.2. The van der Waals surface area contributed by atoms with Gasteiger partial charge in [-0.05, 0) is 54.0 Å². The van der Waals surface area contributed by atoms with Gasteiger partial charge in [0.25, 0.3) is 5.56 Å². The number of rotatable bonds is 4. The van der Waals surface area contributed by atoms with Gasteiger partial charge in [-0.25, -0.2) is 4.79 Å². The van der Waals surface area contributed by atoms with E-state index in [9.17, 15) is 9.59 Å². The molecule has 1 aliphatic carbocycles. The van der Waals surface area contributed by atoms with Gasteiger partial charge in [0.1, 0.15) is 5.56 Å². The van der Waals surface area contributed by atoms with Crippen LogP contribution in [0.5, 0.6) is 0 Å². The molecule has 0 bridgehead atoms. The number of hydrogen-bond acceptors (Lipinski definition) is 4. The van der Waals surface area contributed by atoms with Gasteiger partial charge in [0.15, 0.2) is 0 Å². The Morgan fingerprint density at radius 1 is 1.31 bits per heavy atom. The number of hydrogen-bond donors (Lipinski definition) is 3. The average Bonchev–Trinajstić information content (AvgIpc) is 2.98. The van der Waals surface area contributed by atoms with Crippen LogP contribution in [0.3, 0.4) is 0 Å². The fourth-order valence-corrected chi connectivity index (χ4v) is 4.28. The molecule has 6 nitrogen and oxygen atoms in total. The molecule has 2 aliphatic rings. The number of aromatic carboxylic acids is 1. The molecular formula is C20H23N3O3. The monoisotopic (exact) mass is 353 g/mol. The van der Waals surface area contributed by atoms with E-state index < -0.39 is 11.5 Å². The number of carbonyl (C=O) groups is 1. The second kappa shape index (κ2) is 6.29. The number of carboxylic acid groups (broad SMARTS) is 1. The van der Waals surface area contributed by atoms with Gasteiger partial charge in [-0.15, -0.1) is 0 Å². The molecule has 2 heterocycles. The highest BCUT2D eigenvalue weighted by Gasteiger charge is 2.45. The molecule has 1 aromatic carbocycles. The van der Waals surface area contributed by atoms with Gasteiger partial charge in [0.2, 0.25) is 0 Å². The Hall–Kier alpha value is -2.60. The topological polar surface area (TPSA) is 99.4 Å². The van der Waals surface area contributed by atoms with Gasteiger partial charge >= 0.3 is 5.97 Å². The van der Waals surface area contributed by atoms with E-state index >= 15 is 0 Å². The summed E-state index contributed by atoms with van der Waals surface area (Å²) >= 11 is 0. The summed E-state index contributed by atoms with van der Waals surface area (Å²) < 4.78 is 0. The quantitative estimate of drug-likeness (QED) is 0.781. The minimum atomic E-state index is -1.20. The Morgan fingerprint density at radius 3 is 2.62 bits per heavy atom. The van der Waals surface area contributed by atoms with Crippen LogP contribution < -0.4 is 16.2 Å². The Balaban J connectivity index is 1.62. The van der Waals surface area contributed by atoms with E-state index in [0.717, 1.165) is 42.2 Å². The molecule has 0 radical (unpaired) electrons. The Labute approximate surface area is 151 Å². The molecule has 4 N–H and O–H groups in total. The van der Waals surface area contributed by atoms with Crippen LogP contribution in [-0.2, 0) is 6.42 Å². The third-order valence-electron chi connectivity index (χ3n) is 5.87. The SMILES string of the molecule is CCc1cc(C(=O)O)c(=O)[nH]c1-c1ccc(N2CC3CC(N)C3C2)cc1. The van der Waals surface area contributed by atoms with Crippen molar-refractivity contribution in [1.82, 2.24) is 4.98 Å². The molecule has 1 saturated heterocycles. The third kappa shape index (κ3) is 2.70. The maximum absolute atomic E-state index is 12.1. The summed E-state index contributed by atoms with van der Waals surface area (Å²) in [6.45, 7) is 4.01. The van der Waals surface area contributed by atoms with E-state index in [4.69, 9.17) is 10.8 Å². The Kier molecular flexibility index (Phi) is 4.07. The molecule has 1 aromatic heterocycles. The predicted octanol–water partition coefficient (Wildman–Crippen LogP) is 2.09. The van der Waals surface area contributed by atoms with Crippen molar-refractivity contribution < 1.29 is 9.90 Å². The molecule has 6 heteroatoms. The molecule has 0 amide bonds. The number of aryl methyl sites for hydroxylation is 1. The Morgan fingerprint density at radius 2 is 2.04 bits per heavy atom. The lowest BCUT2D eigenvalue weighted by atomic mass is 9.72. The van der Waals surface area contributed by atoms with Crippen molar-refractivity contribution in [3.8, 4) is 11.3 Å². The van der Waals surface area contributed by atoms with Crippen molar-refractivity contribution in [3.63, 3.8) is 0 Å². The number of nitrogens with one attached hydrogen (secondary N) is 1. The molecule has 4 rings (SSSR count). The summed E-state index contributed by atoms with van der Waals surface area (Å²) in [5, 5.41) is 9.14. The van der Waals surface area contributed by atoms with Crippen molar-refractivity contribution in [3.05, 3.63) is 51.8 Å². The first-order valence-corrected chi connectivity index (χ1v) is 9.08. The fraction of sp³-hybridized carbons (Fsp3) is 0.400. The maximum Gasteiger partial charge on any atom is 0.341 e. The highest BCUT2D eigenvalue weighted by Crippen LogP contribution is 2.41. The largest absolute Gasteiger partial charge is 0.477 e. The van der Waals surface area contributed by atoms with Gasteiger partial charge in [-0.2, -0.15) is 0 Å². The van der Waals surface area contributed by atoms with Crippen LogP contribution >= 0.6 is 0 Å². The first-order chi connectivity index (χ1) is 12.5. The number of anilines is 1. The van der Waals surface area contributed by atoms with Gasteiger partial charge in [-0.3, -0.25) is 4.79 Å². The summed E-state index contributed by atoms with van der Waals surface area (Å²) in [5.41, 5.74) is 8.86. The minimum absolute atomic E-state index is 0.217. The molecule has 3 unspecified atom stereocenters.